The monoisotopic (exact) mass is 514 g/mol. The number of ether oxygens (including phenoxy) is 4. The van der Waals surface area contributed by atoms with Crippen LogP contribution in [0.5, 0.6) is 22.6 Å². The summed E-state index contributed by atoms with van der Waals surface area (Å²) < 4.78 is 29.9. The zero-order valence-corrected chi connectivity index (χ0v) is 21.1. The first-order chi connectivity index (χ1) is 18.1. The fourth-order valence-corrected chi connectivity index (χ4v) is 4.73. The van der Waals surface area contributed by atoms with Crippen molar-refractivity contribution in [1.29, 1.82) is 0 Å². The topological polar surface area (TPSA) is 93.1 Å². The van der Waals surface area contributed by atoms with E-state index in [1.54, 1.807) is 32.0 Å². The number of furan rings is 1. The molecule has 0 bridgehead atoms. The predicted octanol–water partition coefficient (Wildman–Crippen LogP) is 5.87. The molecule has 2 aromatic carbocycles. The number of aromatic nitrogens is 4. The van der Waals surface area contributed by atoms with E-state index in [-0.39, 0.29) is 0 Å². The van der Waals surface area contributed by atoms with Crippen molar-refractivity contribution in [2.75, 3.05) is 21.3 Å². The van der Waals surface area contributed by atoms with Crippen molar-refractivity contribution < 1.29 is 23.4 Å². The van der Waals surface area contributed by atoms with Gasteiger partial charge in [0.05, 0.1) is 27.5 Å². The minimum absolute atomic E-state index is 0.327. The van der Waals surface area contributed by atoms with E-state index in [9.17, 15) is 0 Å². The van der Waals surface area contributed by atoms with E-state index >= 15 is 0 Å². The van der Waals surface area contributed by atoms with Crippen LogP contribution in [-0.4, -0.2) is 40.9 Å². The molecule has 9 nitrogen and oxygen atoms in total. The number of nitrogens with zero attached hydrogens (tertiary/aromatic N) is 4. The van der Waals surface area contributed by atoms with Crippen LogP contribution in [0.2, 0.25) is 0 Å². The Morgan fingerprint density at radius 3 is 2.59 bits per heavy atom. The third-order valence-corrected chi connectivity index (χ3v) is 6.78. The first kappa shape index (κ1) is 22.9. The quantitative estimate of drug-likeness (QED) is 0.249. The van der Waals surface area contributed by atoms with Crippen LogP contribution >= 0.6 is 11.3 Å². The predicted molar refractivity (Wildman–Crippen MR) is 140 cm³/mol. The normalized spacial score (nSPS) is 11.2. The first-order valence-corrected chi connectivity index (χ1v) is 12.2. The van der Waals surface area contributed by atoms with Gasteiger partial charge in [0.2, 0.25) is 10.8 Å². The van der Waals surface area contributed by atoms with Gasteiger partial charge < -0.3 is 23.4 Å². The largest absolute Gasteiger partial charge is 0.497 e. The van der Waals surface area contributed by atoms with E-state index in [0.29, 0.717) is 40.5 Å². The summed E-state index contributed by atoms with van der Waals surface area (Å²) in [7, 11) is 4.81. The van der Waals surface area contributed by atoms with Crippen LogP contribution in [0.3, 0.4) is 0 Å². The highest BCUT2D eigenvalue weighted by Crippen LogP contribution is 2.34. The van der Waals surface area contributed by atoms with Crippen molar-refractivity contribution in [1.82, 2.24) is 19.6 Å². The van der Waals surface area contributed by atoms with Gasteiger partial charge in [-0.1, -0.05) is 12.1 Å². The molecule has 4 heterocycles. The summed E-state index contributed by atoms with van der Waals surface area (Å²) in [6, 6.07) is 17.5. The van der Waals surface area contributed by atoms with Crippen LogP contribution in [-0.2, 0) is 6.61 Å². The van der Waals surface area contributed by atoms with Crippen molar-refractivity contribution in [2.45, 2.75) is 6.61 Å². The minimum Gasteiger partial charge on any atom is -0.497 e. The molecule has 0 saturated carbocycles. The lowest BCUT2D eigenvalue weighted by molar-refractivity contribution is 0.307. The van der Waals surface area contributed by atoms with E-state index in [1.165, 1.54) is 11.3 Å². The van der Waals surface area contributed by atoms with Crippen LogP contribution in [0.1, 0.15) is 5.56 Å². The van der Waals surface area contributed by atoms with Gasteiger partial charge in [0, 0.05) is 34.8 Å². The lowest BCUT2D eigenvalue weighted by Gasteiger charge is -2.10. The lowest BCUT2D eigenvalue weighted by Crippen LogP contribution is -1.97. The molecule has 0 aliphatic heterocycles. The Labute approximate surface area is 215 Å². The molecule has 0 fully saturated rings. The summed E-state index contributed by atoms with van der Waals surface area (Å²) in [6.45, 7) is 0.327. The third-order valence-electron chi connectivity index (χ3n) is 5.89. The van der Waals surface area contributed by atoms with Crippen molar-refractivity contribution in [3.05, 3.63) is 72.6 Å². The Kier molecular flexibility index (Phi) is 5.85. The number of imidazole rings is 1. The molecule has 6 rings (SSSR count). The highest BCUT2D eigenvalue weighted by Gasteiger charge is 2.17. The molecule has 37 heavy (non-hydrogen) atoms. The third kappa shape index (κ3) is 4.43. The van der Waals surface area contributed by atoms with Gasteiger partial charge >= 0.3 is 0 Å². The van der Waals surface area contributed by atoms with Crippen LogP contribution in [0.15, 0.2) is 71.4 Å². The van der Waals surface area contributed by atoms with Crippen molar-refractivity contribution >= 4 is 27.3 Å². The SMILES string of the molecule is COc1cc(COc2cccc(-c3ccc(OC)nc3)c2)c2cc(-c3cn4nc(OC)sc4n3)oc2c1. The molecule has 0 unspecified atom stereocenters. The van der Waals surface area contributed by atoms with Crippen molar-refractivity contribution in [2.24, 2.45) is 0 Å². The lowest BCUT2D eigenvalue weighted by atomic mass is 10.1. The van der Waals surface area contributed by atoms with Crippen LogP contribution in [0, 0.1) is 0 Å². The smallest absolute Gasteiger partial charge is 0.294 e. The summed E-state index contributed by atoms with van der Waals surface area (Å²) >= 11 is 1.36. The second-order valence-corrected chi connectivity index (χ2v) is 9.06. The van der Waals surface area contributed by atoms with Gasteiger partial charge in [-0.15, -0.1) is 5.10 Å². The molecule has 0 radical (unpaired) electrons. The molecule has 4 aromatic heterocycles. The second-order valence-electron chi connectivity index (χ2n) is 8.14. The van der Waals surface area contributed by atoms with E-state index in [1.807, 2.05) is 60.8 Å². The Morgan fingerprint density at radius 2 is 1.84 bits per heavy atom. The number of fused-ring (bicyclic) bond motifs is 2. The molecule has 10 heteroatoms. The number of hydrogen-bond donors (Lipinski definition) is 0. The zero-order valence-electron chi connectivity index (χ0n) is 20.3. The maximum absolute atomic E-state index is 6.20. The zero-order chi connectivity index (χ0) is 25.4. The van der Waals surface area contributed by atoms with E-state index < -0.39 is 0 Å². The highest BCUT2D eigenvalue weighted by molar-refractivity contribution is 7.18. The second kappa shape index (κ2) is 9.47. The Balaban J connectivity index is 1.28. The van der Waals surface area contributed by atoms with Crippen LogP contribution in [0.25, 0.3) is 38.5 Å². The van der Waals surface area contributed by atoms with Crippen molar-refractivity contribution in [3.63, 3.8) is 0 Å². The molecular formula is C27H22N4O5S. The summed E-state index contributed by atoms with van der Waals surface area (Å²) in [6.07, 6.45) is 3.60. The molecule has 0 amide bonds. The first-order valence-electron chi connectivity index (χ1n) is 11.4. The summed E-state index contributed by atoms with van der Waals surface area (Å²) in [5, 5.41) is 5.81. The van der Waals surface area contributed by atoms with Crippen molar-refractivity contribution in [3.8, 4) is 45.2 Å². The van der Waals surface area contributed by atoms with E-state index in [4.69, 9.17) is 23.4 Å². The molecular weight excluding hydrogens is 492 g/mol. The Hall–Kier alpha value is -4.57. The number of benzene rings is 2. The van der Waals surface area contributed by atoms with Gasteiger partial charge in [-0.25, -0.2) is 14.5 Å². The fourth-order valence-electron chi connectivity index (χ4n) is 4.03. The van der Waals surface area contributed by atoms with E-state index in [2.05, 4.69) is 15.1 Å². The average Bonchev–Trinajstić information content (AvgIpc) is 3.65. The number of pyridine rings is 1. The molecule has 186 valence electrons. The number of rotatable bonds is 8. The van der Waals surface area contributed by atoms with Gasteiger partial charge in [-0.3, -0.25) is 0 Å². The average molecular weight is 515 g/mol. The highest BCUT2D eigenvalue weighted by atomic mass is 32.1. The summed E-state index contributed by atoms with van der Waals surface area (Å²) in [5.74, 6) is 2.63. The molecule has 0 spiro atoms. The minimum atomic E-state index is 0.327. The number of methoxy groups -OCH3 is 3. The van der Waals surface area contributed by atoms with Gasteiger partial charge in [-0.2, -0.15) is 0 Å². The van der Waals surface area contributed by atoms with Gasteiger partial charge in [0.1, 0.15) is 29.4 Å². The molecule has 0 N–H and O–H groups in total. The Bertz CT molecular complexity index is 1670. The molecule has 0 saturated heterocycles. The van der Waals surface area contributed by atoms with E-state index in [0.717, 1.165) is 32.8 Å². The maximum Gasteiger partial charge on any atom is 0.294 e. The Morgan fingerprint density at radius 1 is 0.919 bits per heavy atom. The van der Waals surface area contributed by atoms with Crippen LogP contribution < -0.4 is 18.9 Å². The van der Waals surface area contributed by atoms with Gasteiger partial charge in [0.15, 0.2) is 5.76 Å². The summed E-state index contributed by atoms with van der Waals surface area (Å²) in [5.41, 5.74) is 4.28. The maximum atomic E-state index is 6.20. The molecule has 0 aliphatic carbocycles. The molecule has 0 aliphatic rings. The molecule has 0 atom stereocenters. The van der Waals surface area contributed by atoms with Gasteiger partial charge in [0.25, 0.3) is 5.19 Å². The molecule has 6 aromatic rings. The standard InChI is InChI=1S/C27H22N4O5S/c1-32-20-10-18(15-35-19-6-4-5-16(9-19)17-7-8-25(33-2)28-13-17)21-12-24(36-23(21)11-20)22-14-31-26(29-22)37-27(30-31)34-3/h4-14H,15H2,1-3H3. The number of hydrogen-bond acceptors (Lipinski definition) is 9. The summed E-state index contributed by atoms with van der Waals surface area (Å²) in [4.78, 5) is 9.65. The van der Waals surface area contributed by atoms with Crippen LogP contribution in [0.4, 0.5) is 0 Å². The van der Waals surface area contributed by atoms with Gasteiger partial charge in [-0.05, 0) is 47.2 Å². The fraction of sp³-hybridized carbons (Fsp3) is 0.148.